The van der Waals surface area contributed by atoms with Crippen LogP contribution in [0.25, 0.3) is 21.5 Å². The van der Waals surface area contributed by atoms with Crippen LogP contribution in [0.15, 0.2) is 48.5 Å². The quantitative estimate of drug-likeness (QED) is 0.351. The van der Waals surface area contributed by atoms with Crippen LogP contribution in [0.3, 0.4) is 0 Å². The van der Waals surface area contributed by atoms with Gasteiger partial charge in [0.15, 0.2) is 0 Å². The Labute approximate surface area is 121 Å². The molecule has 0 atom stereocenters. The maximum absolute atomic E-state index is 13.4. The molecule has 114 valence electrons. The fraction of sp³-hybridized carbons (Fsp3) is 0.125. The largest absolute Gasteiger partial charge is 0.417 e. The van der Waals surface area contributed by atoms with Gasteiger partial charge in [-0.3, -0.25) is 0 Å². The summed E-state index contributed by atoms with van der Waals surface area (Å²) in [6, 6.07) is 9.47. The van der Waals surface area contributed by atoms with Crippen LogP contribution in [0.2, 0.25) is 0 Å². The third-order valence-electron chi connectivity index (χ3n) is 3.50. The highest BCUT2D eigenvalue weighted by Crippen LogP contribution is 2.46. The molecule has 0 nitrogen and oxygen atoms in total. The minimum absolute atomic E-state index is 0.443. The van der Waals surface area contributed by atoms with Crippen molar-refractivity contribution >= 4 is 21.5 Å². The van der Waals surface area contributed by atoms with Crippen molar-refractivity contribution in [3.8, 4) is 0 Å². The summed E-state index contributed by atoms with van der Waals surface area (Å²) < 4.78 is 80.4. The third kappa shape index (κ3) is 2.19. The number of hydrogen-bond acceptors (Lipinski definition) is 0. The van der Waals surface area contributed by atoms with Gasteiger partial charge < -0.3 is 0 Å². The van der Waals surface area contributed by atoms with Crippen LogP contribution in [0, 0.1) is 0 Å². The molecule has 0 saturated carbocycles. The van der Waals surface area contributed by atoms with Gasteiger partial charge in [-0.2, -0.15) is 26.3 Å². The molecule has 3 aromatic rings. The second-order valence-electron chi connectivity index (χ2n) is 4.84. The molecule has 0 amide bonds. The van der Waals surface area contributed by atoms with E-state index in [-0.39, 0.29) is 0 Å². The maximum atomic E-state index is 13.4. The zero-order chi connectivity index (χ0) is 16.1. The molecule has 22 heavy (non-hydrogen) atoms. The Balaban J connectivity index is 2.67. The topological polar surface area (TPSA) is 0 Å². The molecular weight excluding hydrogens is 306 g/mol. The first-order valence-corrected chi connectivity index (χ1v) is 6.29. The number of fused-ring (bicyclic) bond motifs is 2. The number of alkyl halides is 6. The Morgan fingerprint density at radius 1 is 0.455 bits per heavy atom. The smallest absolute Gasteiger partial charge is 0.166 e. The van der Waals surface area contributed by atoms with Gasteiger partial charge in [-0.15, -0.1) is 0 Å². The average molecular weight is 314 g/mol. The average Bonchev–Trinajstić information content (AvgIpc) is 2.41. The minimum Gasteiger partial charge on any atom is -0.166 e. The van der Waals surface area contributed by atoms with E-state index in [9.17, 15) is 26.3 Å². The van der Waals surface area contributed by atoms with E-state index in [2.05, 4.69) is 0 Å². The van der Waals surface area contributed by atoms with Gasteiger partial charge in [0.1, 0.15) is 0 Å². The van der Waals surface area contributed by atoms with Gasteiger partial charge in [-0.1, -0.05) is 48.5 Å². The molecule has 0 radical (unpaired) electrons. The first-order valence-electron chi connectivity index (χ1n) is 6.29. The predicted molar refractivity (Wildman–Crippen MR) is 71.5 cm³/mol. The lowest BCUT2D eigenvalue weighted by Gasteiger charge is -2.19. The lowest BCUT2D eigenvalue weighted by atomic mass is 9.91. The van der Waals surface area contributed by atoms with Crippen LogP contribution < -0.4 is 0 Å². The van der Waals surface area contributed by atoms with Crippen molar-refractivity contribution in [2.75, 3.05) is 0 Å². The molecule has 0 heterocycles. The van der Waals surface area contributed by atoms with Crippen molar-refractivity contribution in [3.05, 3.63) is 59.7 Å². The second kappa shape index (κ2) is 4.63. The lowest BCUT2D eigenvalue weighted by Crippen LogP contribution is -2.12. The van der Waals surface area contributed by atoms with E-state index < -0.39 is 45.0 Å². The van der Waals surface area contributed by atoms with Crippen molar-refractivity contribution < 1.29 is 26.3 Å². The standard InChI is InChI=1S/C16H8F6/c17-15(18,19)13-9-5-1-2-6-10(9)14(16(20,21)22)12-8-4-3-7-11(12)13/h1-8H. The zero-order valence-corrected chi connectivity index (χ0v) is 10.9. The van der Waals surface area contributed by atoms with E-state index in [1.54, 1.807) is 0 Å². The van der Waals surface area contributed by atoms with E-state index in [4.69, 9.17) is 0 Å². The summed E-state index contributed by atoms with van der Waals surface area (Å²) in [5.74, 6) is 0. The fourth-order valence-corrected chi connectivity index (χ4v) is 2.74. The first-order chi connectivity index (χ1) is 10.2. The fourth-order valence-electron chi connectivity index (χ4n) is 2.74. The number of benzene rings is 3. The molecule has 3 aromatic carbocycles. The van der Waals surface area contributed by atoms with Crippen LogP contribution >= 0.6 is 0 Å². The van der Waals surface area contributed by atoms with Crippen molar-refractivity contribution in [3.63, 3.8) is 0 Å². The third-order valence-corrected chi connectivity index (χ3v) is 3.50. The molecule has 0 aromatic heterocycles. The van der Waals surface area contributed by atoms with Crippen molar-refractivity contribution in [2.24, 2.45) is 0 Å². The van der Waals surface area contributed by atoms with Gasteiger partial charge in [-0.05, 0) is 21.5 Å². The molecule has 6 heteroatoms. The van der Waals surface area contributed by atoms with E-state index in [0.29, 0.717) is 0 Å². The summed E-state index contributed by atoms with van der Waals surface area (Å²) in [5.41, 5.74) is -2.07. The molecule has 0 unspecified atom stereocenters. The SMILES string of the molecule is FC(F)(F)c1c2ccccc2c(C(F)(F)F)c2ccccc12. The highest BCUT2D eigenvalue weighted by atomic mass is 19.4. The van der Waals surface area contributed by atoms with Crippen LogP contribution in [-0.2, 0) is 12.4 Å². The van der Waals surface area contributed by atoms with Crippen molar-refractivity contribution in [2.45, 2.75) is 12.4 Å². The number of rotatable bonds is 0. The second-order valence-corrected chi connectivity index (χ2v) is 4.84. The zero-order valence-electron chi connectivity index (χ0n) is 10.9. The lowest BCUT2D eigenvalue weighted by molar-refractivity contribution is -0.137. The molecule has 0 saturated heterocycles. The van der Waals surface area contributed by atoms with Crippen LogP contribution in [0.4, 0.5) is 26.3 Å². The van der Waals surface area contributed by atoms with Gasteiger partial charge in [0.25, 0.3) is 0 Å². The van der Waals surface area contributed by atoms with Crippen LogP contribution in [-0.4, -0.2) is 0 Å². The maximum Gasteiger partial charge on any atom is 0.417 e. The molecule has 0 fully saturated rings. The van der Waals surface area contributed by atoms with E-state index >= 15 is 0 Å². The molecule has 0 spiro atoms. The summed E-state index contributed by atoms with van der Waals surface area (Å²) in [5, 5.41) is -1.77. The summed E-state index contributed by atoms with van der Waals surface area (Å²) in [6.07, 6.45) is -9.49. The van der Waals surface area contributed by atoms with Crippen molar-refractivity contribution in [1.29, 1.82) is 0 Å². The van der Waals surface area contributed by atoms with Gasteiger partial charge >= 0.3 is 12.4 Å². The Morgan fingerprint density at radius 2 is 0.682 bits per heavy atom. The van der Waals surface area contributed by atoms with Gasteiger partial charge in [0.05, 0.1) is 11.1 Å². The summed E-state index contributed by atoms with van der Waals surface area (Å²) in [6.45, 7) is 0. The normalized spacial score (nSPS) is 13.0. The monoisotopic (exact) mass is 314 g/mol. The summed E-state index contributed by atoms with van der Waals surface area (Å²) >= 11 is 0. The number of halogens is 6. The molecule has 0 aliphatic carbocycles. The van der Waals surface area contributed by atoms with Crippen molar-refractivity contribution in [1.82, 2.24) is 0 Å². The Kier molecular flexibility index (Phi) is 3.09. The molecule has 0 N–H and O–H groups in total. The van der Waals surface area contributed by atoms with Gasteiger partial charge in [0.2, 0.25) is 0 Å². The Bertz CT molecular complexity index is 729. The molecule has 0 bridgehead atoms. The highest BCUT2D eigenvalue weighted by Gasteiger charge is 2.40. The Hall–Kier alpha value is -2.24. The highest BCUT2D eigenvalue weighted by molar-refractivity contribution is 6.06. The van der Waals surface area contributed by atoms with Crippen LogP contribution in [0.1, 0.15) is 11.1 Å². The minimum atomic E-state index is -4.75. The molecular formula is C16H8F6. The molecule has 3 rings (SSSR count). The van der Waals surface area contributed by atoms with E-state index in [1.165, 1.54) is 24.3 Å². The summed E-state index contributed by atoms with van der Waals surface area (Å²) in [7, 11) is 0. The first kappa shape index (κ1) is 14.7. The Morgan fingerprint density at radius 3 is 0.864 bits per heavy atom. The molecule has 0 aliphatic heterocycles. The van der Waals surface area contributed by atoms with Crippen LogP contribution in [0.5, 0.6) is 0 Å². The van der Waals surface area contributed by atoms with Gasteiger partial charge in [0, 0.05) is 0 Å². The predicted octanol–water partition coefficient (Wildman–Crippen LogP) is 6.03. The molecule has 0 aliphatic rings. The number of hydrogen-bond donors (Lipinski definition) is 0. The van der Waals surface area contributed by atoms with Gasteiger partial charge in [-0.25, -0.2) is 0 Å². The van der Waals surface area contributed by atoms with E-state index in [0.717, 1.165) is 24.3 Å². The summed E-state index contributed by atoms with van der Waals surface area (Å²) in [4.78, 5) is 0. The van der Waals surface area contributed by atoms with E-state index in [1.807, 2.05) is 0 Å².